The van der Waals surface area contributed by atoms with Crippen molar-refractivity contribution in [3.8, 4) is 0 Å². The fourth-order valence-electron chi connectivity index (χ4n) is 2.56. The van der Waals surface area contributed by atoms with E-state index in [4.69, 9.17) is 0 Å². The Morgan fingerprint density at radius 2 is 2.00 bits per heavy atom. The summed E-state index contributed by atoms with van der Waals surface area (Å²) >= 11 is 0. The molecule has 1 aliphatic rings. The molecule has 6 heteroatoms. The van der Waals surface area contributed by atoms with Gasteiger partial charge in [0.1, 0.15) is 0 Å². The molecule has 1 aliphatic heterocycles. The van der Waals surface area contributed by atoms with Crippen molar-refractivity contribution in [2.45, 2.75) is 30.7 Å². The van der Waals surface area contributed by atoms with Crippen LogP contribution in [0.15, 0.2) is 29.2 Å². The van der Waals surface area contributed by atoms with Crippen molar-refractivity contribution in [3.63, 3.8) is 0 Å². The Bertz CT molecular complexity index is 528. The van der Waals surface area contributed by atoms with Crippen molar-refractivity contribution in [1.82, 2.24) is 10.0 Å². The smallest absolute Gasteiger partial charge is 0.240 e. The van der Waals surface area contributed by atoms with Gasteiger partial charge in [-0.3, -0.25) is 0 Å². The molecule has 2 rings (SSSR count). The van der Waals surface area contributed by atoms with Crippen molar-refractivity contribution < 1.29 is 8.42 Å². The number of likely N-dealkylation sites (N-methyl/N-ethyl adjacent to an activating group) is 1. The van der Waals surface area contributed by atoms with Crippen LogP contribution in [0.25, 0.3) is 0 Å². The quantitative estimate of drug-likeness (QED) is 0.856. The Balaban J connectivity index is 2.12. The molecular weight excluding hydrogens is 274 g/mol. The highest BCUT2D eigenvalue weighted by molar-refractivity contribution is 7.89. The molecule has 0 spiro atoms. The Labute approximate surface area is 121 Å². The molecule has 0 amide bonds. The van der Waals surface area contributed by atoms with Crippen LogP contribution in [0.1, 0.15) is 19.8 Å². The van der Waals surface area contributed by atoms with Gasteiger partial charge in [-0.2, -0.15) is 0 Å². The molecule has 1 atom stereocenters. The number of hydrogen-bond donors (Lipinski definition) is 2. The molecule has 1 saturated heterocycles. The van der Waals surface area contributed by atoms with Crippen LogP contribution in [0.5, 0.6) is 0 Å². The van der Waals surface area contributed by atoms with Gasteiger partial charge in [0.25, 0.3) is 0 Å². The fraction of sp³-hybridized carbons (Fsp3) is 0.571. The number of hydrogen-bond acceptors (Lipinski definition) is 4. The van der Waals surface area contributed by atoms with Crippen LogP contribution in [-0.4, -0.2) is 41.1 Å². The van der Waals surface area contributed by atoms with Crippen LogP contribution < -0.4 is 14.9 Å². The number of nitrogens with one attached hydrogen (secondary N) is 2. The van der Waals surface area contributed by atoms with Gasteiger partial charge < -0.3 is 10.2 Å². The van der Waals surface area contributed by atoms with Gasteiger partial charge in [-0.05, 0) is 44.2 Å². The van der Waals surface area contributed by atoms with Crippen molar-refractivity contribution >= 4 is 15.7 Å². The third kappa shape index (κ3) is 3.50. The van der Waals surface area contributed by atoms with E-state index in [1.54, 1.807) is 19.1 Å². The van der Waals surface area contributed by atoms with Crippen LogP contribution in [0, 0.1) is 0 Å². The van der Waals surface area contributed by atoms with Gasteiger partial charge in [0.05, 0.1) is 4.90 Å². The summed E-state index contributed by atoms with van der Waals surface area (Å²) in [6, 6.07) is 7.64. The van der Waals surface area contributed by atoms with Crippen molar-refractivity contribution in [1.29, 1.82) is 0 Å². The number of nitrogens with zero attached hydrogens (tertiary/aromatic N) is 1. The van der Waals surface area contributed by atoms with Crippen LogP contribution in [-0.2, 0) is 10.0 Å². The SMILES string of the molecule is CCNS(=O)(=O)c1ccc(N2CCCC(NC)C2)cc1. The molecular formula is C14H23N3O2S. The third-order valence-corrected chi connectivity index (χ3v) is 5.24. The molecule has 112 valence electrons. The van der Waals surface area contributed by atoms with E-state index in [9.17, 15) is 8.42 Å². The molecule has 1 aromatic carbocycles. The number of sulfonamides is 1. The predicted octanol–water partition coefficient (Wildman–Crippen LogP) is 1.17. The fourth-order valence-corrected chi connectivity index (χ4v) is 3.60. The minimum Gasteiger partial charge on any atom is -0.370 e. The number of anilines is 1. The Morgan fingerprint density at radius 3 is 2.60 bits per heavy atom. The lowest BCUT2D eigenvalue weighted by Gasteiger charge is -2.34. The summed E-state index contributed by atoms with van der Waals surface area (Å²) in [6.07, 6.45) is 2.35. The standard InChI is InChI=1S/C14H23N3O2S/c1-3-16-20(18,19)14-8-6-13(7-9-14)17-10-4-5-12(11-17)15-2/h6-9,12,15-16H,3-5,10-11H2,1-2H3. The predicted molar refractivity (Wildman–Crippen MR) is 81.6 cm³/mol. The third-order valence-electron chi connectivity index (χ3n) is 3.68. The summed E-state index contributed by atoms with van der Waals surface area (Å²) in [6.45, 7) is 4.17. The molecule has 20 heavy (non-hydrogen) atoms. The molecule has 1 fully saturated rings. The second kappa shape index (κ2) is 6.56. The summed E-state index contributed by atoms with van der Waals surface area (Å²) < 4.78 is 26.3. The van der Waals surface area contributed by atoms with Crippen molar-refractivity contribution in [2.24, 2.45) is 0 Å². The average molecular weight is 297 g/mol. The molecule has 5 nitrogen and oxygen atoms in total. The summed E-state index contributed by atoms with van der Waals surface area (Å²) in [4.78, 5) is 2.62. The maximum Gasteiger partial charge on any atom is 0.240 e. The van der Waals surface area contributed by atoms with Gasteiger partial charge in [0, 0.05) is 31.4 Å². The normalized spacial score (nSPS) is 20.1. The maximum atomic E-state index is 11.9. The van der Waals surface area contributed by atoms with Gasteiger partial charge in [-0.1, -0.05) is 6.92 Å². The molecule has 0 aliphatic carbocycles. The molecule has 0 bridgehead atoms. The lowest BCUT2D eigenvalue weighted by Crippen LogP contribution is -2.44. The highest BCUT2D eigenvalue weighted by atomic mass is 32.2. The Kier molecular flexibility index (Phi) is 5.01. The van der Waals surface area contributed by atoms with Crippen LogP contribution in [0.4, 0.5) is 5.69 Å². The maximum absolute atomic E-state index is 11.9. The van der Waals surface area contributed by atoms with E-state index in [0.717, 1.165) is 25.2 Å². The van der Waals surface area contributed by atoms with Gasteiger partial charge >= 0.3 is 0 Å². The first-order valence-electron chi connectivity index (χ1n) is 7.08. The first kappa shape index (κ1) is 15.3. The molecule has 1 heterocycles. The number of benzene rings is 1. The monoisotopic (exact) mass is 297 g/mol. The zero-order valence-corrected chi connectivity index (χ0v) is 12.9. The summed E-state index contributed by atoms with van der Waals surface area (Å²) in [5.41, 5.74) is 1.08. The largest absolute Gasteiger partial charge is 0.370 e. The summed E-state index contributed by atoms with van der Waals surface area (Å²) in [5.74, 6) is 0. The second-order valence-corrected chi connectivity index (χ2v) is 6.84. The van der Waals surface area contributed by atoms with E-state index in [1.807, 2.05) is 19.2 Å². The van der Waals surface area contributed by atoms with E-state index in [-0.39, 0.29) is 0 Å². The Hall–Kier alpha value is -1.11. The molecule has 0 aromatic heterocycles. The van der Waals surface area contributed by atoms with Crippen molar-refractivity contribution in [2.75, 3.05) is 31.6 Å². The van der Waals surface area contributed by atoms with Gasteiger partial charge in [-0.15, -0.1) is 0 Å². The summed E-state index contributed by atoms with van der Waals surface area (Å²) in [5, 5.41) is 3.31. The first-order valence-corrected chi connectivity index (χ1v) is 8.57. The van der Waals surface area contributed by atoms with E-state index in [0.29, 0.717) is 17.5 Å². The zero-order valence-electron chi connectivity index (χ0n) is 12.1. The van der Waals surface area contributed by atoms with E-state index >= 15 is 0 Å². The average Bonchev–Trinajstić information content (AvgIpc) is 2.47. The zero-order chi connectivity index (χ0) is 14.6. The van der Waals surface area contributed by atoms with Crippen LogP contribution in [0.2, 0.25) is 0 Å². The first-order chi connectivity index (χ1) is 9.56. The molecule has 0 radical (unpaired) electrons. The highest BCUT2D eigenvalue weighted by Crippen LogP contribution is 2.21. The van der Waals surface area contributed by atoms with E-state index in [2.05, 4.69) is 14.9 Å². The van der Waals surface area contributed by atoms with Crippen LogP contribution >= 0.6 is 0 Å². The molecule has 0 saturated carbocycles. The number of rotatable bonds is 5. The minimum atomic E-state index is -3.35. The second-order valence-electron chi connectivity index (χ2n) is 5.07. The van der Waals surface area contributed by atoms with E-state index < -0.39 is 10.0 Å². The summed E-state index contributed by atoms with van der Waals surface area (Å²) in [7, 11) is -1.37. The van der Waals surface area contributed by atoms with Gasteiger partial charge in [-0.25, -0.2) is 13.1 Å². The lowest BCUT2D eigenvalue weighted by atomic mass is 10.1. The Morgan fingerprint density at radius 1 is 1.30 bits per heavy atom. The van der Waals surface area contributed by atoms with E-state index in [1.165, 1.54) is 6.42 Å². The lowest BCUT2D eigenvalue weighted by molar-refractivity contribution is 0.449. The topological polar surface area (TPSA) is 61.4 Å². The minimum absolute atomic E-state index is 0.324. The van der Waals surface area contributed by atoms with Crippen LogP contribution in [0.3, 0.4) is 0 Å². The number of piperidine rings is 1. The molecule has 2 N–H and O–H groups in total. The highest BCUT2D eigenvalue weighted by Gasteiger charge is 2.19. The molecule has 1 aromatic rings. The van der Waals surface area contributed by atoms with Crippen molar-refractivity contribution in [3.05, 3.63) is 24.3 Å². The van der Waals surface area contributed by atoms with Gasteiger partial charge in [0.15, 0.2) is 0 Å². The van der Waals surface area contributed by atoms with Gasteiger partial charge in [0.2, 0.25) is 10.0 Å². The molecule has 1 unspecified atom stereocenters.